The van der Waals surface area contributed by atoms with Gasteiger partial charge in [-0.2, -0.15) is 0 Å². The quantitative estimate of drug-likeness (QED) is 0.834. The minimum Gasteiger partial charge on any atom is -0.444 e. The first-order valence-electron chi connectivity index (χ1n) is 7.56. The molecule has 1 amide bonds. The fourth-order valence-corrected chi connectivity index (χ4v) is 2.12. The van der Waals surface area contributed by atoms with Gasteiger partial charge in [-0.3, -0.25) is 0 Å². The second kappa shape index (κ2) is 6.83. The molecule has 1 heterocycles. The van der Waals surface area contributed by atoms with E-state index in [4.69, 9.17) is 4.74 Å². The number of hydrogen-bond acceptors (Lipinski definition) is 3. The molecule has 2 N–H and O–H groups in total. The van der Waals surface area contributed by atoms with Crippen molar-refractivity contribution in [3.63, 3.8) is 0 Å². The Morgan fingerprint density at radius 1 is 1.32 bits per heavy atom. The van der Waals surface area contributed by atoms with Gasteiger partial charge in [-0.15, -0.1) is 0 Å². The normalized spacial score (nSPS) is 11.6. The first kappa shape index (κ1) is 16.4. The molecule has 0 radical (unpaired) electrons. The van der Waals surface area contributed by atoms with Crippen LogP contribution in [0.4, 0.5) is 4.79 Å². The summed E-state index contributed by atoms with van der Waals surface area (Å²) in [6.07, 6.45) is 1.65. The molecule has 0 fully saturated rings. The topological polar surface area (TPSA) is 57.4 Å². The molecule has 0 aliphatic carbocycles. The van der Waals surface area contributed by atoms with Gasteiger partial charge in [-0.25, -0.2) is 4.79 Å². The lowest BCUT2D eigenvalue weighted by molar-refractivity contribution is 0.0300. The first-order chi connectivity index (χ1) is 10.3. The molecule has 5 nitrogen and oxygen atoms in total. The number of benzene rings is 1. The Bertz CT molecular complexity index is 628. The molecular formula is C17H25N3O2. The number of fused-ring (bicyclic) bond motifs is 1. The highest BCUT2D eigenvalue weighted by Gasteiger charge is 2.18. The van der Waals surface area contributed by atoms with Crippen LogP contribution in [0.15, 0.2) is 30.5 Å². The van der Waals surface area contributed by atoms with Gasteiger partial charge >= 0.3 is 6.09 Å². The van der Waals surface area contributed by atoms with E-state index in [9.17, 15) is 4.79 Å². The molecule has 1 aromatic carbocycles. The Morgan fingerprint density at radius 2 is 2.09 bits per heavy atom. The van der Waals surface area contributed by atoms with E-state index in [-0.39, 0.29) is 6.09 Å². The molecule has 120 valence electrons. The van der Waals surface area contributed by atoms with Crippen LogP contribution < -0.4 is 5.32 Å². The molecule has 0 atom stereocenters. The number of carbonyl (C=O) groups excluding carboxylic acids is 1. The average molecular weight is 303 g/mol. The number of rotatable bonds is 5. The van der Waals surface area contributed by atoms with Crippen LogP contribution in [0.25, 0.3) is 10.9 Å². The largest absolute Gasteiger partial charge is 0.444 e. The molecule has 0 aliphatic heterocycles. The molecule has 0 unspecified atom stereocenters. The number of nitrogens with zero attached hydrogens (tertiary/aromatic N) is 1. The second-order valence-electron chi connectivity index (χ2n) is 6.48. The molecule has 22 heavy (non-hydrogen) atoms. The highest BCUT2D eigenvalue weighted by Crippen LogP contribution is 2.14. The lowest BCUT2D eigenvalue weighted by Crippen LogP contribution is -2.37. The monoisotopic (exact) mass is 303 g/mol. The summed E-state index contributed by atoms with van der Waals surface area (Å²) >= 11 is 0. The van der Waals surface area contributed by atoms with Crippen molar-refractivity contribution in [1.82, 2.24) is 15.2 Å². The summed E-state index contributed by atoms with van der Waals surface area (Å²) in [5.41, 5.74) is 1.92. The van der Waals surface area contributed by atoms with E-state index >= 15 is 0 Å². The van der Waals surface area contributed by atoms with Crippen molar-refractivity contribution in [3.8, 4) is 0 Å². The molecule has 0 spiro atoms. The standard InChI is InChI=1S/C17H25N3O2/c1-17(2,3)22-16(21)20(4)10-9-18-12-13-5-6-15-14(11-13)7-8-19-15/h5-8,11,18-19H,9-10,12H2,1-4H3. The van der Waals surface area contributed by atoms with Gasteiger partial charge in [0.05, 0.1) is 0 Å². The molecule has 0 saturated carbocycles. The molecule has 2 rings (SSSR count). The van der Waals surface area contributed by atoms with Crippen molar-refractivity contribution in [3.05, 3.63) is 36.0 Å². The van der Waals surface area contributed by atoms with E-state index in [0.29, 0.717) is 6.54 Å². The van der Waals surface area contributed by atoms with Crippen LogP contribution in [0.1, 0.15) is 26.3 Å². The molecular weight excluding hydrogens is 278 g/mol. The van der Waals surface area contributed by atoms with Crippen molar-refractivity contribution < 1.29 is 9.53 Å². The maximum atomic E-state index is 11.8. The Morgan fingerprint density at radius 3 is 2.82 bits per heavy atom. The van der Waals surface area contributed by atoms with Crippen molar-refractivity contribution in [2.75, 3.05) is 20.1 Å². The van der Waals surface area contributed by atoms with Gasteiger partial charge in [0.1, 0.15) is 5.60 Å². The number of carbonyl (C=O) groups is 1. The van der Waals surface area contributed by atoms with Gasteiger partial charge in [0.2, 0.25) is 0 Å². The van der Waals surface area contributed by atoms with Crippen LogP contribution in [0.3, 0.4) is 0 Å². The molecule has 0 bridgehead atoms. The molecule has 5 heteroatoms. The summed E-state index contributed by atoms with van der Waals surface area (Å²) in [4.78, 5) is 16.6. The zero-order chi connectivity index (χ0) is 16.2. The Hall–Kier alpha value is -2.01. The second-order valence-corrected chi connectivity index (χ2v) is 6.48. The summed E-state index contributed by atoms with van der Waals surface area (Å²) in [5, 5.41) is 4.56. The van der Waals surface area contributed by atoms with Crippen LogP contribution in [-0.4, -0.2) is 41.7 Å². The van der Waals surface area contributed by atoms with Crippen molar-refractivity contribution in [2.24, 2.45) is 0 Å². The van der Waals surface area contributed by atoms with E-state index in [0.717, 1.165) is 18.6 Å². The van der Waals surface area contributed by atoms with Crippen LogP contribution in [-0.2, 0) is 11.3 Å². The highest BCUT2D eigenvalue weighted by atomic mass is 16.6. The lowest BCUT2D eigenvalue weighted by atomic mass is 10.1. The minimum atomic E-state index is -0.454. The van der Waals surface area contributed by atoms with Crippen molar-refractivity contribution in [1.29, 1.82) is 0 Å². The Balaban J connectivity index is 1.73. The van der Waals surface area contributed by atoms with Gasteiger partial charge in [0, 0.05) is 38.4 Å². The Kier molecular flexibility index (Phi) is 5.08. The number of aromatic amines is 1. The highest BCUT2D eigenvalue weighted by molar-refractivity contribution is 5.79. The number of nitrogens with one attached hydrogen (secondary N) is 2. The minimum absolute atomic E-state index is 0.289. The molecule has 1 aromatic heterocycles. The number of aromatic nitrogens is 1. The predicted octanol–water partition coefficient (Wildman–Crippen LogP) is 3.12. The molecule has 0 aliphatic rings. The number of amides is 1. The zero-order valence-electron chi connectivity index (χ0n) is 13.8. The maximum Gasteiger partial charge on any atom is 0.410 e. The summed E-state index contributed by atoms with van der Waals surface area (Å²) in [7, 11) is 1.75. The van der Waals surface area contributed by atoms with Gasteiger partial charge < -0.3 is 19.9 Å². The molecule has 2 aromatic rings. The van der Waals surface area contributed by atoms with Gasteiger partial charge in [-0.05, 0) is 49.9 Å². The predicted molar refractivity (Wildman–Crippen MR) is 88.9 cm³/mol. The third-order valence-electron chi connectivity index (χ3n) is 3.28. The van der Waals surface area contributed by atoms with Crippen LogP contribution >= 0.6 is 0 Å². The van der Waals surface area contributed by atoms with Crippen LogP contribution in [0, 0.1) is 0 Å². The lowest BCUT2D eigenvalue weighted by Gasteiger charge is -2.24. The summed E-state index contributed by atoms with van der Waals surface area (Å²) in [5.74, 6) is 0. The number of hydrogen-bond donors (Lipinski definition) is 2. The number of H-pyrrole nitrogens is 1. The van der Waals surface area contributed by atoms with E-state index in [1.165, 1.54) is 10.9 Å². The van der Waals surface area contributed by atoms with E-state index in [2.05, 4.69) is 34.6 Å². The summed E-state index contributed by atoms with van der Waals surface area (Å²) in [6.45, 7) is 7.72. The summed E-state index contributed by atoms with van der Waals surface area (Å²) in [6, 6.07) is 8.41. The third kappa shape index (κ3) is 4.77. The van der Waals surface area contributed by atoms with E-state index < -0.39 is 5.60 Å². The fraction of sp³-hybridized carbons (Fsp3) is 0.471. The Labute approximate surface area is 131 Å². The SMILES string of the molecule is CN(CCNCc1ccc2[nH]ccc2c1)C(=O)OC(C)(C)C. The van der Waals surface area contributed by atoms with E-state index in [1.54, 1.807) is 11.9 Å². The first-order valence-corrected chi connectivity index (χ1v) is 7.56. The fourth-order valence-electron chi connectivity index (χ4n) is 2.12. The van der Waals surface area contributed by atoms with E-state index in [1.807, 2.05) is 27.0 Å². The molecule has 0 saturated heterocycles. The van der Waals surface area contributed by atoms with Crippen molar-refractivity contribution >= 4 is 17.0 Å². The van der Waals surface area contributed by atoms with Gasteiger partial charge in [0.25, 0.3) is 0 Å². The number of likely N-dealkylation sites (N-methyl/N-ethyl adjacent to an activating group) is 1. The smallest absolute Gasteiger partial charge is 0.410 e. The average Bonchev–Trinajstić information content (AvgIpc) is 2.88. The number of ether oxygens (including phenoxy) is 1. The van der Waals surface area contributed by atoms with Crippen molar-refractivity contribution in [2.45, 2.75) is 32.9 Å². The van der Waals surface area contributed by atoms with Crippen LogP contribution in [0.2, 0.25) is 0 Å². The summed E-state index contributed by atoms with van der Waals surface area (Å²) < 4.78 is 5.31. The third-order valence-corrected chi connectivity index (χ3v) is 3.28. The van der Waals surface area contributed by atoms with Crippen LogP contribution in [0.5, 0.6) is 0 Å². The van der Waals surface area contributed by atoms with Gasteiger partial charge in [0.15, 0.2) is 0 Å². The van der Waals surface area contributed by atoms with Gasteiger partial charge in [-0.1, -0.05) is 6.07 Å². The maximum absolute atomic E-state index is 11.8. The zero-order valence-corrected chi connectivity index (χ0v) is 13.8.